The Morgan fingerprint density at radius 1 is 0.786 bits per heavy atom. The molecule has 0 fully saturated rings. The largest absolute Gasteiger partial charge is 0.417 e. The average molecular weight is 397 g/mol. The third-order valence-electron chi connectivity index (χ3n) is 3.97. The van der Waals surface area contributed by atoms with E-state index >= 15 is 0 Å². The van der Waals surface area contributed by atoms with E-state index in [1.54, 1.807) is 0 Å². The second kappa shape index (κ2) is 7.23. The lowest BCUT2D eigenvalue weighted by Gasteiger charge is -2.14. The topological polar surface area (TPSA) is 51.8 Å². The Morgan fingerprint density at radius 2 is 1.43 bits per heavy atom. The molecule has 0 saturated heterocycles. The Balaban J connectivity index is 2.12. The molecule has 0 amide bonds. The molecule has 146 valence electrons. The second-order valence-electron chi connectivity index (χ2n) is 5.89. The minimum atomic E-state index is -4.62. The van der Waals surface area contributed by atoms with E-state index in [0.717, 1.165) is 18.2 Å². The number of nitrogens with zero attached hydrogens (tertiary/aromatic N) is 2. The van der Waals surface area contributed by atoms with Gasteiger partial charge >= 0.3 is 12.4 Å². The van der Waals surface area contributed by atoms with E-state index in [1.165, 1.54) is 36.4 Å². The molecule has 0 aliphatic carbocycles. The van der Waals surface area contributed by atoms with Crippen molar-refractivity contribution >= 4 is 0 Å². The predicted octanol–water partition coefficient (Wildman–Crippen LogP) is 5.31. The summed E-state index contributed by atoms with van der Waals surface area (Å²) < 4.78 is 78.1. The van der Waals surface area contributed by atoms with Crippen LogP contribution in [0.1, 0.15) is 16.8 Å². The number of halogens is 6. The summed E-state index contributed by atoms with van der Waals surface area (Å²) in [6.07, 6.45) is -9.11. The van der Waals surface area contributed by atoms with Crippen molar-refractivity contribution in [3.63, 3.8) is 0 Å². The fraction of sp³-hybridized carbons (Fsp3) is 0.158. The fourth-order valence-electron chi connectivity index (χ4n) is 2.63. The van der Waals surface area contributed by atoms with Crippen LogP contribution in [-0.2, 0) is 18.9 Å². The van der Waals surface area contributed by atoms with Crippen LogP contribution >= 0.6 is 0 Å². The van der Waals surface area contributed by atoms with Gasteiger partial charge in [0.2, 0.25) is 0 Å². The summed E-state index contributed by atoms with van der Waals surface area (Å²) in [5.41, 5.74) is 4.33. The summed E-state index contributed by atoms with van der Waals surface area (Å²) in [5, 5.41) is 0. The average Bonchev–Trinajstić information content (AvgIpc) is 2.66. The van der Waals surface area contributed by atoms with Crippen molar-refractivity contribution in [1.82, 2.24) is 9.97 Å². The van der Waals surface area contributed by atoms with Gasteiger partial charge in [0, 0.05) is 17.7 Å². The number of alkyl halides is 6. The third-order valence-corrected chi connectivity index (χ3v) is 3.97. The van der Waals surface area contributed by atoms with Gasteiger partial charge in [-0.2, -0.15) is 26.3 Å². The maximum atomic E-state index is 13.3. The predicted molar refractivity (Wildman–Crippen MR) is 90.8 cm³/mol. The van der Waals surface area contributed by atoms with Crippen LogP contribution in [0.2, 0.25) is 0 Å². The van der Waals surface area contributed by atoms with E-state index in [0.29, 0.717) is 5.56 Å². The van der Waals surface area contributed by atoms with Crippen molar-refractivity contribution in [3.05, 3.63) is 71.4 Å². The number of hydrogen-bond acceptors (Lipinski definition) is 3. The third kappa shape index (κ3) is 4.14. The highest BCUT2D eigenvalue weighted by Crippen LogP contribution is 2.36. The molecule has 0 saturated carbocycles. The Bertz CT molecular complexity index is 978. The summed E-state index contributed by atoms with van der Waals surface area (Å²) in [6, 6.07) is 10.4. The van der Waals surface area contributed by atoms with Crippen molar-refractivity contribution in [3.8, 4) is 22.6 Å². The monoisotopic (exact) mass is 397 g/mol. The molecule has 0 aliphatic heterocycles. The van der Waals surface area contributed by atoms with E-state index < -0.39 is 23.5 Å². The van der Waals surface area contributed by atoms with Crippen LogP contribution in [-0.4, -0.2) is 9.97 Å². The first kappa shape index (κ1) is 19.8. The van der Waals surface area contributed by atoms with Crippen LogP contribution < -0.4 is 5.73 Å². The molecule has 0 radical (unpaired) electrons. The van der Waals surface area contributed by atoms with Crippen LogP contribution in [0.5, 0.6) is 0 Å². The molecule has 3 aromatic rings. The van der Waals surface area contributed by atoms with Gasteiger partial charge < -0.3 is 5.73 Å². The summed E-state index contributed by atoms with van der Waals surface area (Å²) in [7, 11) is 0. The number of nitrogens with two attached hydrogens (primary N) is 1. The standard InChI is InChI=1S/C19H13F6N3/c20-18(21,22)12-7-5-11(6-8-12)16-9-13(10-26)27-17(28-16)14-3-1-2-4-15(14)19(23,24)25/h1-9H,10,26H2. The fourth-order valence-corrected chi connectivity index (χ4v) is 2.63. The minimum absolute atomic E-state index is 0.0721. The lowest BCUT2D eigenvalue weighted by atomic mass is 10.0. The van der Waals surface area contributed by atoms with Crippen molar-refractivity contribution in [2.24, 2.45) is 5.73 Å². The second-order valence-corrected chi connectivity index (χ2v) is 5.89. The zero-order chi connectivity index (χ0) is 20.5. The van der Waals surface area contributed by atoms with Gasteiger partial charge in [-0.05, 0) is 24.3 Å². The molecule has 2 N–H and O–H groups in total. The van der Waals surface area contributed by atoms with Crippen molar-refractivity contribution in [2.45, 2.75) is 18.9 Å². The minimum Gasteiger partial charge on any atom is -0.325 e. The van der Waals surface area contributed by atoms with Gasteiger partial charge in [0.1, 0.15) is 0 Å². The van der Waals surface area contributed by atoms with E-state index in [1.807, 2.05) is 0 Å². The van der Waals surface area contributed by atoms with Gasteiger partial charge in [-0.1, -0.05) is 30.3 Å². The van der Waals surface area contributed by atoms with Crippen LogP contribution in [0, 0.1) is 0 Å². The van der Waals surface area contributed by atoms with Gasteiger partial charge in [-0.3, -0.25) is 0 Å². The molecule has 0 atom stereocenters. The zero-order valence-corrected chi connectivity index (χ0v) is 14.1. The smallest absolute Gasteiger partial charge is 0.325 e. The summed E-state index contributed by atoms with van der Waals surface area (Å²) in [4.78, 5) is 8.20. The first-order chi connectivity index (χ1) is 13.1. The van der Waals surface area contributed by atoms with Crippen molar-refractivity contribution < 1.29 is 26.3 Å². The quantitative estimate of drug-likeness (QED) is 0.610. The van der Waals surface area contributed by atoms with E-state index in [9.17, 15) is 26.3 Å². The number of rotatable bonds is 3. The first-order valence-corrected chi connectivity index (χ1v) is 8.02. The molecule has 1 heterocycles. The molecule has 1 aromatic heterocycles. The van der Waals surface area contributed by atoms with E-state index in [2.05, 4.69) is 9.97 Å². The summed E-state index contributed by atoms with van der Waals surface area (Å²) in [5.74, 6) is -0.203. The Kier molecular flexibility index (Phi) is 5.12. The van der Waals surface area contributed by atoms with Crippen molar-refractivity contribution in [2.75, 3.05) is 0 Å². The molecule has 2 aromatic carbocycles. The Labute approximate surface area is 155 Å². The highest BCUT2D eigenvalue weighted by molar-refractivity contribution is 5.67. The lowest BCUT2D eigenvalue weighted by molar-refractivity contribution is -0.138. The van der Waals surface area contributed by atoms with E-state index in [-0.39, 0.29) is 29.3 Å². The van der Waals surface area contributed by atoms with Gasteiger partial charge in [0.05, 0.1) is 22.5 Å². The van der Waals surface area contributed by atoms with Gasteiger partial charge in [-0.15, -0.1) is 0 Å². The summed E-state index contributed by atoms with van der Waals surface area (Å²) >= 11 is 0. The molecular weight excluding hydrogens is 384 g/mol. The maximum absolute atomic E-state index is 13.3. The molecule has 3 rings (SSSR count). The molecular formula is C19H13F6N3. The van der Waals surface area contributed by atoms with Crippen LogP contribution in [0.3, 0.4) is 0 Å². The van der Waals surface area contributed by atoms with Gasteiger partial charge in [0.25, 0.3) is 0 Å². The number of benzene rings is 2. The SMILES string of the molecule is NCc1cc(-c2ccc(C(F)(F)F)cc2)nc(-c2ccccc2C(F)(F)F)n1. The van der Waals surface area contributed by atoms with Crippen LogP contribution in [0.25, 0.3) is 22.6 Å². The normalized spacial score (nSPS) is 12.2. The number of aromatic nitrogens is 2. The number of hydrogen-bond donors (Lipinski definition) is 1. The molecule has 0 spiro atoms. The molecule has 3 nitrogen and oxygen atoms in total. The molecule has 28 heavy (non-hydrogen) atoms. The Morgan fingerprint density at radius 3 is 2.00 bits per heavy atom. The molecule has 9 heteroatoms. The highest BCUT2D eigenvalue weighted by atomic mass is 19.4. The van der Waals surface area contributed by atoms with Gasteiger partial charge in [-0.25, -0.2) is 9.97 Å². The zero-order valence-electron chi connectivity index (χ0n) is 14.1. The summed E-state index contributed by atoms with van der Waals surface area (Å²) in [6.45, 7) is -0.0721. The van der Waals surface area contributed by atoms with Crippen LogP contribution in [0.4, 0.5) is 26.3 Å². The van der Waals surface area contributed by atoms with Crippen molar-refractivity contribution in [1.29, 1.82) is 0 Å². The maximum Gasteiger partial charge on any atom is 0.417 e. The molecule has 0 bridgehead atoms. The Hall–Kier alpha value is -2.94. The van der Waals surface area contributed by atoms with Crippen LogP contribution in [0.15, 0.2) is 54.6 Å². The lowest BCUT2D eigenvalue weighted by Crippen LogP contribution is -2.10. The molecule has 0 unspecified atom stereocenters. The highest BCUT2D eigenvalue weighted by Gasteiger charge is 2.34. The van der Waals surface area contributed by atoms with E-state index in [4.69, 9.17) is 5.73 Å². The first-order valence-electron chi connectivity index (χ1n) is 8.02. The van der Waals surface area contributed by atoms with Gasteiger partial charge in [0.15, 0.2) is 5.82 Å². The molecule has 0 aliphatic rings.